The highest BCUT2D eigenvalue weighted by Gasteiger charge is 2.36. The van der Waals surface area contributed by atoms with Crippen molar-refractivity contribution in [3.05, 3.63) is 83.9 Å². The molecule has 0 fully saturated rings. The molecule has 3 N–H and O–H groups in total. The predicted octanol–water partition coefficient (Wildman–Crippen LogP) is 4.32. The third-order valence-corrected chi connectivity index (χ3v) is 6.83. The lowest BCUT2D eigenvalue weighted by Crippen LogP contribution is -2.20. The van der Waals surface area contributed by atoms with Crippen LogP contribution in [0.1, 0.15) is 31.2 Å². The van der Waals surface area contributed by atoms with Crippen molar-refractivity contribution in [3.63, 3.8) is 0 Å². The monoisotopic (exact) mass is 465 g/mol. The molecule has 1 aliphatic heterocycles. The number of rotatable bonds is 7. The van der Waals surface area contributed by atoms with Crippen molar-refractivity contribution in [2.45, 2.75) is 26.6 Å². The number of hydrogen-bond donors (Lipinski definition) is 3. The molecule has 2 unspecified atom stereocenters. The maximum atomic E-state index is 14.1. The van der Waals surface area contributed by atoms with E-state index in [0.717, 1.165) is 11.1 Å². The first-order valence-electron chi connectivity index (χ1n) is 10.4. The van der Waals surface area contributed by atoms with Gasteiger partial charge in [0.2, 0.25) is 11.8 Å². The van der Waals surface area contributed by atoms with Crippen molar-refractivity contribution in [3.8, 4) is 5.75 Å². The highest BCUT2D eigenvalue weighted by Crippen LogP contribution is 2.51. The van der Waals surface area contributed by atoms with Gasteiger partial charge in [-0.25, -0.2) is 4.57 Å². The first-order valence-corrected chi connectivity index (χ1v) is 11.9. The van der Waals surface area contributed by atoms with Crippen molar-refractivity contribution in [1.82, 2.24) is 5.32 Å². The van der Waals surface area contributed by atoms with E-state index in [1.165, 1.54) is 13.8 Å². The number of amides is 2. The van der Waals surface area contributed by atoms with Crippen LogP contribution in [0.2, 0.25) is 0 Å². The molecule has 0 saturated carbocycles. The van der Waals surface area contributed by atoms with Crippen LogP contribution >= 0.6 is 7.60 Å². The van der Waals surface area contributed by atoms with E-state index in [1.54, 1.807) is 48.5 Å². The smallest absolute Gasteiger partial charge is 0.412 e. The molecule has 0 radical (unpaired) electrons. The Morgan fingerprint density at radius 3 is 2.06 bits per heavy atom. The predicted molar refractivity (Wildman–Crippen MR) is 126 cm³/mol. The number of nitrogens with one attached hydrogen (secondary N) is 3. The number of anilines is 2. The van der Waals surface area contributed by atoms with Crippen molar-refractivity contribution < 1.29 is 23.2 Å². The van der Waals surface area contributed by atoms with Crippen LogP contribution in [0.25, 0.3) is 0 Å². The molecule has 0 aromatic heterocycles. The zero-order valence-corrected chi connectivity index (χ0v) is 19.1. The fraction of sp³-hybridized carbons (Fsp3) is 0.167. The maximum absolute atomic E-state index is 14.1. The minimum absolute atomic E-state index is 0.192. The summed E-state index contributed by atoms with van der Waals surface area (Å²) in [7, 11) is -3.86. The van der Waals surface area contributed by atoms with Gasteiger partial charge in [-0.3, -0.25) is 19.4 Å². The second kappa shape index (κ2) is 9.58. The Morgan fingerprint density at radius 2 is 1.45 bits per heavy atom. The Balaban J connectivity index is 1.64. The second-order valence-electron chi connectivity index (χ2n) is 7.59. The highest BCUT2D eigenvalue weighted by molar-refractivity contribution is 7.62. The fourth-order valence-electron chi connectivity index (χ4n) is 3.50. The van der Waals surface area contributed by atoms with Gasteiger partial charge in [0.05, 0.1) is 5.30 Å². The van der Waals surface area contributed by atoms with Crippen LogP contribution in [0.4, 0.5) is 11.4 Å². The van der Waals surface area contributed by atoms with Crippen LogP contribution in [-0.2, 0) is 25.2 Å². The Labute approximate surface area is 191 Å². The van der Waals surface area contributed by atoms with Crippen molar-refractivity contribution >= 4 is 36.1 Å². The molecule has 170 valence electrons. The van der Waals surface area contributed by atoms with E-state index in [9.17, 15) is 14.2 Å². The fourth-order valence-corrected chi connectivity index (χ4v) is 5.15. The molecule has 0 bridgehead atoms. The first-order chi connectivity index (χ1) is 15.8. The van der Waals surface area contributed by atoms with Crippen LogP contribution in [0.5, 0.6) is 5.75 Å². The van der Waals surface area contributed by atoms with Gasteiger partial charge in [0, 0.05) is 37.3 Å². The molecule has 4 rings (SSSR count). The van der Waals surface area contributed by atoms with Crippen LogP contribution < -0.4 is 25.8 Å². The van der Waals surface area contributed by atoms with Crippen LogP contribution in [0.3, 0.4) is 0 Å². The Hall–Kier alpha value is -3.45. The molecule has 0 spiro atoms. The molecule has 33 heavy (non-hydrogen) atoms. The lowest BCUT2D eigenvalue weighted by atomic mass is 10.1. The summed E-state index contributed by atoms with van der Waals surface area (Å²) in [6.45, 7) is 3.43. The summed E-state index contributed by atoms with van der Waals surface area (Å²) in [5, 5.41) is 8.93. The summed E-state index contributed by atoms with van der Waals surface area (Å²) in [5.74, 6) is -0.0722. The average molecular weight is 465 g/mol. The van der Waals surface area contributed by atoms with E-state index < -0.39 is 13.8 Å². The largest absolute Gasteiger partial charge is 0.421 e. The summed E-state index contributed by atoms with van der Waals surface area (Å²) >= 11 is 0. The molecule has 0 saturated heterocycles. The van der Waals surface area contributed by atoms with E-state index in [0.29, 0.717) is 29.0 Å². The van der Waals surface area contributed by atoms with Crippen molar-refractivity contribution in [2.24, 2.45) is 0 Å². The van der Waals surface area contributed by atoms with E-state index in [2.05, 4.69) is 16.0 Å². The minimum Gasteiger partial charge on any atom is -0.421 e. The third-order valence-electron chi connectivity index (χ3n) is 4.96. The van der Waals surface area contributed by atoms with Crippen LogP contribution in [0, 0.1) is 0 Å². The summed E-state index contributed by atoms with van der Waals surface area (Å²) in [6.07, 6.45) is -0.610. The van der Waals surface area contributed by atoms with Crippen molar-refractivity contribution in [2.75, 3.05) is 10.6 Å². The van der Waals surface area contributed by atoms with Crippen molar-refractivity contribution in [1.29, 1.82) is 0 Å². The van der Waals surface area contributed by atoms with Gasteiger partial charge in [-0.1, -0.05) is 24.3 Å². The first kappa shape index (κ1) is 22.7. The summed E-state index contributed by atoms with van der Waals surface area (Å²) in [5.41, 5.74) is 3.13. The molecule has 8 nitrogen and oxygen atoms in total. The summed E-state index contributed by atoms with van der Waals surface area (Å²) in [4.78, 5) is 22.6. The molecule has 2 atom stereocenters. The van der Waals surface area contributed by atoms with E-state index in [1.807, 2.05) is 24.3 Å². The van der Waals surface area contributed by atoms with Gasteiger partial charge < -0.3 is 15.2 Å². The Bertz CT molecular complexity index is 1210. The number of benzene rings is 3. The Morgan fingerprint density at radius 1 is 0.879 bits per heavy atom. The molecule has 9 heteroatoms. The molecule has 2 amide bonds. The Kier molecular flexibility index (Phi) is 6.60. The SMILES string of the molecule is CC(=O)Nc1ccc(OP(=O)(OC2NCc3ccccc32)c2ccc(NC(C)=O)cc2)cc1. The molecule has 0 aliphatic carbocycles. The zero-order chi connectivity index (χ0) is 23.4. The maximum Gasteiger partial charge on any atom is 0.412 e. The number of hydrogen-bond acceptors (Lipinski definition) is 6. The third kappa shape index (κ3) is 5.49. The molecule has 1 heterocycles. The van der Waals surface area contributed by atoms with Gasteiger partial charge in [-0.05, 0) is 54.1 Å². The van der Waals surface area contributed by atoms with Crippen LogP contribution in [-0.4, -0.2) is 11.8 Å². The molecular weight excluding hydrogens is 441 g/mol. The average Bonchev–Trinajstić information content (AvgIpc) is 3.17. The topological polar surface area (TPSA) is 106 Å². The molecule has 3 aromatic rings. The quantitative estimate of drug-likeness (QED) is 0.449. The lowest BCUT2D eigenvalue weighted by molar-refractivity contribution is -0.115. The molecule has 1 aliphatic rings. The van der Waals surface area contributed by atoms with E-state index >= 15 is 0 Å². The normalized spacial score (nSPS) is 16.4. The highest BCUT2D eigenvalue weighted by atomic mass is 31.2. The number of carbonyl (C=O) groups excluding carboxylic acids is 2. The van der Waals surface area contributed by atoms with Gasteiger partial charge in [-0.2, -0.15) is 0 Å². The lowest BCUT2D eigenvalue weighted by Gasteiger charge is -2.24. The summed E-state index contributed by atoms with van der Waals surface area (Å²) < 4.78 is 26.1. The van der Waals surface area contributed by atoms with Crippen LogP contribution in [0.15, 0.2) is 72.8 Å². The van der Waals surface area contributed by atoms with E-state index in [4.69, 9.17) is 9.05 Å². The number of fused-ring (bicyclic) bond motifs is 1. The molecular formula is C24H24N3O5P. The second-order valence-corrected chi connectivity index (χ2v) is 9.49. The van der Waals surface area contributed by atoms with Gasteiger partial charge in [0.25, 0.3) is 0 Å². The van der Waals surface area contributed by atoms with Gasteiger partial charge in [0.15, 0.2) is 0 Å². The van der Waals surface area contributed by atoms with Gasteiger partial charge in [-0.15, -0.1) is 0 Å². The van der Waals surface area contributed by atoms with Gasteiger partial charge in [0.1, 0.15) is 12.0 Å². The number of carbonyl (C=O) groups is 2. The summed E-state index contributed by atoms with van der Waals surface area (Å²) in [6, 6.07) is 20.8. The zero-order valence-electron chi connectivity index (χ0n) is 18.2. The standard InChI is InChI=1S/C24H24N3O5P/c1-16(28)26-19-7-11-21(12-8-19)31-33(30,22-13-9-20(10-14-22)27-17(2)29)32-24-23-6-4-3-5-18(23)15-25-24/h3-14,24-25H,15H2,1-2H3,(H,26,28)(H,27,29). The molecule has 3 aromatic carbocycles. The minimum atomic E-state index is -3.86. The van der Waals surface area contributed by atoms with E-state index in [-0.39, 0.29) is 11.8 Å². The van der Waals surface area contributed by atoms with Gasteiger partial charge >= 0.3 is 7.60 Å².